The second kappa shape index (κ2) is 11.5. The largest absolute Gasteiger partial charge is 0.444 e. The van der Waals surface area contributed by atoms with Crippen LogP contribution in [0.15, 0.2) is 72.8 Å². The number of anilines is 2. The van der Waals surface area contributed by atoms with Crippen molar-refractivity contribution in [3.05, 3.63) is 99.6 Å². The van der Waals surface area contributed by atoms with Crippen LogP contribution in [0.25, 0.3) is 0 Å². The second-order valence-corrected chi connectivity index (χ2v) is 9.67. The summed E-state index contributed by atoms with van der Waals surface area (Å²) in [6.45, 7) is 1.44. The van der Waals surface area contributed by atoms with Gasteiger partial charge in [-0.3, -0.25) is 19.8 Å². The second-order valence-electron chi connectivity index (χ2n) is 9.67. The molecule has 0 aromatic heterocycles. The molecule has 1 fully saturated rings. The summed E-state index contributed by atoms with van der Waals surface area (Å²) in [5.74, 6) is -0.386. The number of amides is 2. The first-order valence-corrected chi connectivity index (χ1v) is 13.0. The van der Waals surface area contributed by atoms with Gasteiger partial charge in [-0.1, -0.05) is 48.5 Å². The predicted octanol–water partition coefficient (Wildman–Crippen LogP) is 4.36. The minimum Gasteiger partial charge on any atom is -0.444 e. The number of nitrogens with zero attached hydrogens (tertiary/aromatic N) is 4. The molecule has 2 aliphatic rings. The summed E-state index contributed by atoms with van der Waals surface area (Å²) in [6, 6.07) is 21.5. The average Bonchev–Trinajstić information content (AvgIpc) is 2.97. The Morgan fingerprint density at radius 3 is 2.46 bits per heavy atom. The standard InChI is InChI=1S/C29H30N4O6/c34-17-16-31(19-21-6-2-1-3-7-21)28(35)22-10-11-26(27(18-22)33(37)38)30-14-12-24(13-15-30)32-25-9-5-4-8-23(25)20-39-29(32)36/h1-11,18,24,34H,12-17,19-20H2. The number of rotatable bonds is 8. The van der Waals surface area contributed by atoms with Crippen molar-refractivity contribution in [2.45, 2.75) is 32.0 Å². The third-order valence-corrected chi connectivity index (χ3v) is 7.26. The number of aliphatic hydroxyl groups is 1. The van der Waals surface area contributed by atoms with E-state index in [1.807, 2.05) is 59.5 Å². The molecule has 2 amide bonds. The van der Waals surface area contributed by atoms with Crippen molar-refractivity contribution >= 4 is 29.1 Å². The molecule has 0 unspecified atom stereocenters. The molecule has 5 rings (SSSR count). The lowest BCUT2D eigenvalue weighted by Crippen LogP contribution is -2.49. The van der Waals surface area contributed by atoms with Crippen LogP contribution in [0.3, 0.4) is 0 Å². The Kier molecular flexibility index (Phi) is 7.74. The molecule has 0 saturated carbocycles. The highest BCUT2D eigenvalue weighted by Crippen LogP contribution is 2.35. The number of ether oxygens (including phenoxy) is 1. The molecule has 0 atom stereocenters. The summed E-state index contributed by atoms with van der Waals surface area (Å²) in [7, 11) is 0. The Morgan fingerprint density at radius 1 is 1.03 bits per heavy atom. The van der Waals surface area contributed by atoms with Crippen LogP contribution < -0.4 is 9.80 Å². The molecule has 1 N–H and O–H groups in total. The van der Waals surface area contributed by atoms with E-state index in [0.717, 1.165) is 16.8 Å². The van der Waals surface area contributed by atoms with Gasteiger partial charge < -0.3 is 19.6 Å². The summed E-state index contributed by atoms with van der Waals surface area (Å²) in [4.78, 5) is 42.6. The van der Waals surface area contributed by atoms with Gasteiger partial charge in [0.1, 0.15) is 12.3 Å². The van der Waals surface area contributed by atoms with Crippen molar-refractivity contribution in [3.8, 4) is 0 Å². The monoisotopic (exact) mass is 530 g/mol. The van der Waals surface area contributed by atoms with Crippen LogP contribution in [0.2, 0.25) is 0 Å². The maximum Gasteiger partial charge on any atom is 0.414 e. The first kappa shape index (κ1) is 26.2. The van der Waals surface area contributed by atoms with E-state index in [0.29, 0.717) is 31.6 Å². The van der Waals surface area contributed by atoms with E-state index in [9.17, 15) is 24.8 Å². The maximum absolute atomic E-state index is 13.3. The molecule has 10 nitrogen and oxygen atoms in total. The van der Waals surface area contributed by atoms with Gasteiger partial charge in [0, 0.05) is 49.4 Å². The summed E-state index contributed by atoms with van der Waals surface area (Å²) in [6.07, 6.45) is 0.856. The van der Waals surface area contributed by atoms with E-state index in [2.05, 4.69) is 0 Å². The number of para-hydroxylation sites is 1. The number of hydrogen-bond acceptors (Lipinski definition) is 7. The molecule has 202 valence electrons. The number of carbonyl (C=O) groups is 2. The van der Waals surface area contributed by atoms with Crippen molar-refractivity contribution in [1.82, 2.24) is 4.90 Å². The Morgan fingerprint density at radius 2 is 1.74 bits per heavy atom. The number of benzene rings is 3. The number of nitro groups is 1. The number of fused-ring (bicyclic) bond motifs is 1. The van der Waals surface area contributed by atoms with Gasteiger partial charge in [0.25, 0.3) is 11.6 Å². The van der Waals surface area contributed by atoms with Gasteiger partial charge in [-0.15, -0.1) is 0 Å². The first-order valence-electron chi connectivity index (χ1n) is 13.0. The zero-order chi connectivity index (χ0) is 27.4. The molecular weight excluding hydrogens is 500 g/mol. The number of cyclic esters (lactones) is 1. The molecule has 0 radical (unpaired) electrons. The molecule has 10 heteroatoms. The van der Waals surface area contributed by atoms with Gasteiger partial charge in [-0.25, -0.2) is 4.79 Å². The lowest BCUT2D eigenvalue weighted by molar-refractivity contribution is -0.384. The van der Waals surface area contributed by atoms with E-state index < -0.39 is 4.92 Å². The molecular formula is C29H30N4O6. The number of hydrogen-bond donors (Lipinski definition) is 1. The van der Waals surface area contributed by atoms with Gasteiger partial charge in [0.2, 0.25) is 0 Å². The SMILES string of the molecule is O=C(c1ccc(N2CCC(N3C(=O)OCc4ccccc43)CC2)c([N+](=O)[O-])c1)N(CCO)Cc1ccccc1. The third kappa shape index (κ3) is 5.56. The molecule has 2 heterocycles. The number of nitro benzene ring substituents is 1. The fraction of sp³-hybridized carbons (Fsp3) is 0.310. The number of piperidine rings is 1. The van der Waals surface area contributed by atoms with Crippen LogP contribution >= 0.6 is 0 Å². The van der Waals surface area contributed by atoms with Crippen LogP contribution in [0.1, 0.15) is 34.3 Å². The smallest absolute Gasteiger partial charge is 0.414 e. The van der Waals surface area contributed by atoms with Gasteiger partial charge in [-0.05, 0) is 36.6 Å². The Labute approximate surface area is 226 Å². The third-order valence-electron chi connectivity index (χ3n) is 7.26. The van der Waals surface area contributed by atoms with Crippen LogP contribution in [-0.2, 0) is 17.9 Å². The maximum atomic E-state index is 13.3. The van der Waals surface area contributed by atoms with E-state index in [-0.39, 0.29) is 55.6 Å². The quantitative estimate of drug-likeness (QED) is 0.340. The average molecular weight is 531 g/mol. The van der Waals surface area contributed by atoms with Gasteiger partial charge >= 0.3 is 6.09 Å². The zero-order valence-electron chi connectivity index (χ0n) is 21.4. The van der Waals surface area contributed by atoms with Crippen molar-refractivity contribution in [2.24, 2.45) is 0 Å². The summed E-state index contributed by atoms with van der Waals surface area (Å²) in [5.41, 5.74) is 3.19. The first-order chi connectivity index (χ1) is 19.0. The van der Waals surface area contributed by atoms with Crippen LogP contribution in [0, 0.1) is 10.1 Å². The highest BCUT2D eigenvalue weighted by molar-refractivity contribution is 5.96. The van der Waals surface area contributed by atoms with E-state index in [1.54, 1.807) is 17.0 Å². The van der Waals surface area contributed by atoms with Crippen LogP contribution in [-0.4, -0.2) is 59.2 Å². The Bertz CT molecular complexity index is 1360. The van der Waals surface area contributed by atoms with Crippen LogP contribution in [0.4, 0.5) is 21.9 Å². The summed E-state index contributed by atoms with van der Waals surface area (Å²) in [5, 5.41) is 21.6. The van der Waals surface area contributed by atoms with Crippen molar-refractivity contribution in [1.29, 1.82) is 0 Å². The Balaban J connectivity index is 1.32. The van der Waals surface area contributed by atoms with E-state index in [1.165, 1.54) is 11.0 Å². The normalized spacial score (nSPS) is 15.5. The lowest BCUT2D eigenvalue weighted by atomic mass is 9.99. The van der Waals surface area contributed by atoms with Gasteiger partial charge in [-0.2, -0.15) is 0 Å². The molecule has 1 saturated heterocycles. The molecule has 3 aromatic carbocycles. The molecule has 0 spiro atoms. The van der Waals surface area contributed by atoms with Crippen molar-refractivity contribution < 1.29 is 24.4 Å². The van der Waals surface area contributed by atoms with E-state index >= 15 is 0 Å². The summed E-state index contributed by atoms with van der Waals surface area (Å²) >= 11 is 0. The number of carbonyl (C=O) groups excluding carboxylic acids is 2. The van der Waals surface area contributed by atoms with Gasteiger partial charge in [0.05, 0.1) is 17.2 Å². The molecule has 2 aliphatic heterocycles. The molecule has 39 heavy (non-hydrogen) atoms. The van der Waals surface area contributed by atoms with Gasteiger partial charge in [0.15, 0.2) is 0 Å². The van der Waals surface area contributed by atoms with Crippen molar-refractivity contribution in [2.75, 3.05) is 36.0 Å². The predicted molar refractivity (Wildman–Crippen MR) is 146 cm³/mol. The zero-order valence-corrected chi connectivity index (χ0v) is 21.4. The van der Waals surface area contributed by atoms with Crippen molar-refractivity contribution in [3.63, 3.8) is 0 Å². The molecule has 3 aromatic rings. The fourth-order valence-corrected chi connectivity index (χ4v) is 5.32. The fourth-order valence-electron chi connectivity index (χ4n) is 5.32. The highest BCUT2D eigenvalue weighted by atomic mass is 16.6. The Hall–Kier alpha value is -4.44. The highest BCUT2D eigenvalue weighted by Gasteiger charge is 2.35. The minimum absolute atomic E-state index is 0.0832. The molecule has 0 aliphatic carbocycles. The molecule has 0 bridgehead atoms. The lowest BCUT2D eigenvalue weighted by Gasteiger charge is -2.40. The minimum atomic E-state index is -0.468. The summed E-state index contributed by atoms with van der Waals surface area (Å²) < 4.78 is 5.37. The number of aliphatic hydroxyl groups excluding tert-OH is 1. The van der Waals surface area contributed by atoms with E-state index in [4.69, 9.17) is 4.74 Å². The van der Waals surface area contributed by atoms with Crippen LogP contribution in [0.5, 0.6) is 0 Å². The topological polar surface area (TPSA) is 116 Å².